The van der Waals surface area contributed by atoms with E-state index in [9.17, 15) is 14.4 Å². The number of benzene rings is 2. The van der Waals surface area contributed by atoms with E-state index in [1.165, 1.54) is 0 Å². The Morgan fingerprint density at radius 1 is 1.08 bits per heavy atom. The molecule has 132 valence electrons. The molecule has 0 aromatic heterocycles. The monoisotopic (exact) mass is 478 g/mol. The lowest BCUT2D eigenvalue weighted by Crippen LogP contribution is -2.37. The second-order valence-electron chi connectivity index (χ2n) is 5.51. The lowest BCUT2D eigenvalue weighted by atomic mass is 10.2. The molecule has 2 aromatic carbocycles. The van der Waals surface area contributed by atoms with Crippen LogP contribution in [0.2, 0.25) is 0 Å². The fourth-order valence-electron chi connectivity index (χ4n) is 2.38. The molecule has 1 aliphatic heterocycles. The normalized spacial score (nSPS) is 15.6. The lowest BCUT2D eigenvalue weighted by Gasteiger charge is -2.13. The maximum absolute atomic E-state index is 12.4. The number of hydrogen-bond donors (Lipinski definition) is 1. The number of hydrogen-bond acceptors (Lipinski definition) is 4. The van der Waals surface area contributed by atoms with Crippen molar-refractivity contribution in [3.8, 4) is 0 Å². The number of halogens is 1. The SMILES string of the molecule is O=C(NCCN1C(=O)SC(=Cc2ccccc2)C1=O)c1ccc(I)cc1. The summed E-state index contributed by atoms with van der Waals surface area (Å²) >= 11 is 3.09. The van der Waals surface area contributed by atoms with Crippen molar-refractivity contribution >= 4 is 57.5 Å². The highest BCUT2D eigenvalue weighted by Crippen LogP contribution is 2.31. The molecule has 0 saturated carbocycles. The van der Waals surface area contributed by atoms with Crippen LogP contribution < -0.4 is 5.32 Å². The molecule has 7 heteroatoms. The molecule has 1 heterocycles. The summed E-state index contributed by atoms with van der Waals surface area (Å²) in [5.41, 5.74) is 1.41. The number of nitrogens with zero attached hydrogens (tertiary/aromatic N) is 1. The highest BCUT2D eigenvalue weighted by atomic mass is 127. The van der Waals surface area contributed by atoms with Gasteiger partial charge in [0, 0.05) is 22.2 Å². The fraction of sp³-hybridized carbons (Fsp3) is 0.105. The quantitative estimate of drug-likeness (QED) is 0.525. The Hall–Kier alpha value is -2.13. The van der Waals surface area contributed by atoms with Crippen LogP contribution in [0, 0.1) is 3.57 Å². The predicted molar refractivity (Wildman–Crippen MR) is 111 cm³/mol. The molecule has 2 aromatic rings. The van der Waals surface area contributed by atoms with Gasteiger partial charge in [-0.1, -0.05) is 30.3 Å². The molecule has 1 fully saturated rings. The van der Waals surface area contributed by atoms with E-state index in [4.69, 9.17) is 0 Å². The highest BCUT2D eigenvalue weighted by molar-refractivity contribution is 14.1. The average molecular weight is 478 g/mol. The zero-order valence-electron chi connectivity index (χ0n) is 13.6. The van der Waals surface area contributed by atoms with Gasteiger partial charge < -0.3 is 5.32 Å². The van der Waals surface area contributed by atoms with E-state index in [1.807, 2.05) is 42.5 Å². The summed E-state index contributed by atoms with van der Waals surface area (Å²) in [6.07, 6.45) is 1.70. The van der Waals surface area contributed by atoms with Gasteiger partial charge in [-0.25, -0.2) is 0 Å². The van der Waals surface area contributed by atoms with Gasteiger partial charge in [-0.3, -0.25) is 19.3 Å². The molecular formula is C19H15IN2O3S. The van der Waals surface area contributed by atoms with Crippen LogP contribution in [0.15, 0.2) is 59.5 Å². The van der Waals surface area contributed by atoms with E-state index in [2.05, 4.69) is 27.9 Å². The minimum absolute atomic E-state index is 0.146. The zero-order valence-corrected chi connectivity index (χ0v) is 16.6. The van der Waals surface area contributed by atoms with E-state index in [0.717, 1.165) is 25.8 Å². The molecule has 3 amide bonds. The summed E-state index contributed by atoms with van der Waals surface area (Å²) in [5, 5.41) is 2.42. The van der Waals surface area contributed by atoms with Crippen molar-refractivity contribution in [2.75, 3.05) is 13.1 Å². The van der Waals surface area contributed by atoms with Crippen molar-refractivity contribution in [2.24, 2.45) is 0 Å². The van der Waals surface area contributed by atoms with Gasteiger partial charge >= 0.3 is 0 Å². The number of imide groups is 1. The summed E-state index contributed by atoms with van der Waals surface area (Å²) in [5.74, 6) is -0.555. The minimum atomic E-state index is -0.327. The van der Waals surface area contributed by atoms with E-state index >= 15 is 0 Å². The number of amides is 3. The Bertz CT molecular complexity index is 866. The largest absolute Gasteiger partial charge is 0.350 e. The average Bonchev–Trinajstić information content (AvgIpc) is 2.90. The van der Waals surface area contributed by atoms with Crippen LogP contribution in [0.4, 0.5) is 4.79 Å². The third-order valence-electron chi connectivity index (χ3n) is 3.70. The molecule has 0 unspecified atom stereocenters. The molecule has 0 atom stereocenters. The first-order valence-electron chi connectivity index (χ1n) is 7.89. The van der Waals surface area contributed by atoms with E-state index in [0.29, 0.717) is 10.5 Å². The summed E-state index contributed by atoms with van der Waals surface area (Å²) in [6.45, 7) is 0.356. The van der Waals surface area contributed by atoms with Crippen LogP contribution in [-0.2, 0) is 4.79 Å². The van der Waals surface area contributed by atoms with Gasteiger partial charge in [0.15, 0.2) is 0 Å². The number of carbonyl (C=O) groups excluding carboxylic acids is 3. The topological polar surface area (TPSA) is 66.5 Å². The molecule has 1 saturated heterocycles. The second kappa shape index (κ2) is 8.50. The number of nitrogens with one attached hydrogen (secondary N) is 1. The maximum atomic E-state index is 12.4. The molecule has 1 N–H and O–H groups in total. The van der Waals surface area contributed by atoms with Crippen LogP contribution in [0.25, 0.3) is 6.08 Å². The Morgan fingerprint density at radius 2 is 1.77 bits per heavy atom. The van der Waals surface area contributed by atoms with Gasteiger partial charge in [0.2, 0.25) is 0 Å². The minimum Gasteiger partial charge on any atom is -0.350 e. The first-order chi connectivity index (χ1) is 12.5. The maximum Gasteiger partial charge on any atom is 0.293 e. The summed E-state index contributed by atoms with van der Waals surface area (Å²) in [4.78, 5) is 38.1. The standard InChI is InChI=1S/C19H15IN2O3S/c20-15-8-6-14(7-9-15)17(23)21-10-11-22-18(24)16(26-19(22)25)12-13-4-2-1-3-5-13/h1-9,12H,10-11H2,(H,21,23). The second-order valence-corrected chi connectivity index (χ2v) is 7.75. The smallest absolute Gasteiger partial charge is 0.293 e. The van der Waals surface area contributed by atoms with Crippen molar-refractivity contribution < 1.29 is 14.4 Å². The molecule has 0 bridgehead atoms. The summed E-state index contributed by atoms with van der Waals surface area (Å²) in [7, 11) is 0. The van der Waals surface area contributed by atoms with Crippen molar-refractivity contribution in [1.29, 1.82) is 0 Å². The predicted octanol–water partition coefficient (Wildman–Crippen LogP) is 3.76. The molecule has 3 rings (SSSR count). The van der Waals surface area contributed by atoms with Gasteiger partial charge in [-0.05, 0) is 70.3 Å². The fourth-order valence-corrected chi connectivity index (χ4v) is 3.60. The number of rotatable bonds is 5. The Morgan fingerprint density at radius 3 is 2.46 bits per heavy atom. The van der Waals surface area contributed by atoms with Gasteiger partial charge in [-0.2, -0.15) is 0 Å². The Labute approximate surface area is 169 Å². The van der Waals surface area contributed by atoms with E-state index < -0.39 is 0 Å². The van der Waals surface area contributed by atoms with Gasteiger partial charge in [0.05, 0.1) is 4.91 Å². The summed E-state index contributed by atoms with van der Waals surface area (Å²) in [6, 6.07) is 16.5. The summed E-state index contributed by atoms with van der Waals surface area (Å²) < 4.78 is 1.04. The van der Waals surface area contributed by atoms with Crippen molar-refractivity contribution in [3.63, 3.8) is 0 Å². The van der Waals surface area contributed by atoms with Crippen LogP contribution in [0.1, 0.15) is 15.9 Å². The van der Waals surface area contributed by atoms with Crippen molar-refractivity contribution in [3.05, 3.63) is 74.2 Å². The van der Waals surface area contributed by atoms with Crippen LogP contribution in [0.3, 0.4) is 0 Å². The molecular weight excluding hydrogens is 463 g/mol. The van der Waals surface area contributed by atoms with Crippen molar-refractivity contribution in [1.82, 2.24) is 10.2 Å². The molecule has 0 radical (unpaired) electrons. The van der Waals surface area contributed by atoms with E-state index in [1.54, 1.807) is 18.2 Å². The number of carbonyl (C=O) groups is 3. The third-order valence-corrected chi connectivity index (χ3v) is 5.32. The third kappa shape index (κ3) is 4.53. The molecule has 0 aliphatic carbocycles. The molecule has 1 aliphatic rings. The van der Waals surface area contributed by atoms with Crippen molar-refractivity contribution in [2.45, 2.75) is 0 Å². The zero-order chi connectivity index (χ0) is 18.5. The van der Waals surface area contributed by atoms with Crippen LogP contribution in [-0.4, -0.2) is 35.0 Å². The molecule has 5 nitrogen and oxygen atoms in total. The van der Waals surface area contributed by atoms with Crippen LogP contribution >= 0.6 is 34.4 Å². The van der Waals surface area contributed by atoms with Gasteiger partial charge in [0.1, 0.15) is 0 Å². The first-order valence-corrected chi connectivity index (χ1v) is 9.78. The number of thioether (sulfide) groups is 1. The lowest BCUT2D eigenvalue weighted by molar-refractivity contribution is -0.122. The molecule has 26 heavy (non-hydrogen) atoms. The highest BCUT2D eigenvalue weighted by Gasteiger charge is 2.34. The Kier molecular flexibility index (Phi) is 6.10. The Balaban J connectivity index is 1.57. The van der Waals surface area contributed by atoms with Gasteiger partial charge in [0.25, 0.3) is 17.1 Å². The first kappa shape index (κ1) is 18.7. The molecule has 0 spiro atoms. The van der Waals surface area contributed by atoms with E-state index in [-0.39, 0.29) is 30.1 Å². The van der Waals surface area contributed by atoms with Gasteiger partial charge in [-0.15, -0.1) is 0 Å². The van der Waals surface area contributed by atoms with Crippen LogP contribution in [0.5, 0.6) is 0 Å².